The maximum Gasteiger partial charge on any atom is 0.488 e. The standard InChI is InChI=1S/C6H4BrFO3S/c7-5-1-3-6(4-2-5)11-12(8,9)10/h1-4H. The van der Waals surface area contributed by atoms with Gasteiger partial charge in [-0.2, -0.15) is 8.42 Å². The Morgan fingerprint density at radius 1 is 1.25 bits per heavy atom. The zero-order valence-electron chi connectivity index (χ0n) is 5.70. The van der Waals surface area contributed by atoms with E-state index >= 15 is 0 Å². The van der Waals surface area contributed by atoms with Crippen molar-refractivity contribution in [3.8, 4) is 5.75 Å². The first-order chi connectivity index (χ1) is 5.47. The molecule has 1 aromatic rings. The smallest absolute Gasteiger partial charge is 0.358 e. The summed E-state index contributed by atoms with van der Waals surface area (Å²) >= 11 is 3.13. The second kappa shape index (κ2) is 3.40. The average Bonchev–Trinajstić information content (AvgIpc) is 1.91. The van der Waals surface area contributed by atoms with Gasteiger partial charge < -0.3 is 4.18 Å². The van der Waals surface area contributed by atoms with Crippen molar-refractivity contribution in [3.05, 3.63) is 28.7 Å². The lowest BCUT2D eigenvalue weighted by molar-refractivity contribution is 0.440. The second-order valence-corrected chi connectivity index (χ2v) is 3.80. The molecule has 6 heteroatoms. The molecule has 1 rings (SSSR count). The Hall–Kier alpha value is -0.620. The van der Waals surface area contributed by atoms with E-state index in [4.69, 9.17) is 0 Å². The lowest BCUT2D eigenvalue weighted by atomic mass is 10.3. The van der Waals surface area contributed by atoms with Gasteiger partial charge in [-0.25, -0.2) is 0 Å². The van der Waals surface area contributed by atoms with Crippen molar-refractivity contribution in [3.63, 3.8) is 0 Å². The minimum absolute atomic E-state index is 0.0549. The first-order valence-corrected chi connectivity index (χ1v) is 4.97. The third-order valence-electron chi connectivity index (χ3n) is 1.01. The Balaban J connectivity index is 2.85. The molecule has 0 spiro atoms. The van der Waals surface area contributed by atoms with E-state index in [-0.39, 0.29) is 5.75 Å². The maximum absolute atomic E-state index is 11.9. The molecule has 0 atom stereocenters. The molecule has 0 saturated carbocycles. The van der Waals surface area contributed by atoms with Gasteiger partial charge in [0.15, 0.2) is 0 Å². The zero-order chi connectivity index (χ0) is 9.19. The molecule has 0 bridgehead atoms. The molecule has 66 valence electrons. The van der Waals surface area contributed by atoms with Crippen molar-refractivity contribution in [2.24, 2.45) is 0 Å². The fourth-order valence-electron chi connectivity index (χ4n) is 0.605. The third kappa shape index (κ3) is 3.19. The van der Waals surface area contributed by atoms with Crippen molar-refractivity contribution in [1.82, 2.24) is 0 Å². The molecule has 0 heterocycles. The molecular formula is C6H4BrFO3S. The van der Waals surface area contributed by atoms with Crippen LogP contribution in [0, 0.1) is 0 Å². The van der Waals surface area contributed by atoms with E-state index in [9.17, 15) is 12.3 Å². The highest BCUT2D eigenvalue weighted by Gasteiger charge is 2.08. The quantitative estimate of drug-likeness (QED) is 0.759. The number of benzene rings is 1. The second-order valence-electron chi connectivity index (χ2n) is 1.93. The lowest BCUT2D eigenvalue weighted by Gasteiger charge is -1.98. The number of hydrogen-bond donors (Lipinski definition) is 0. The number of halogens is 2. The Kier molecular flexibility index (Phi) is 2.69. The van der Waals surface area contributed by atoms with Crippen molar-refractivity contribution >= 4 is 26.4 Å². The van der Waals surface area contributed by atoms with E-state index in [1.807, 2.05) is 0 Å². The number of rotatable bonds is 2. The highest BCUT2D eigenvalue weighted by molar-refractivity contribution is 9.10. The zero-order valence-corrected chi connectivity index (χ0v) is 8.10. The molecule has 0 unspecified atom stereocenters. The average molecular weight is 255 g/mol. The van der Waals surface area contributed by atoms with E-state index in [1.165, 1.54) is 12.1 Å². The molecule has 3 nitrogen and oxygen atoms in total. The van der Waals surface area contributed by atoms with Crippen molar-refractivity contribution in [1.29, 1.82) is 0 Å². The molecule has 0 fully saturated rings. The summed E-state index contributed by atoms with van der Waals surface area (Å²) in [4.78, 5) is 0. The van der Waals surface area contributed by atoms with Crippen molar-refractivity contribution < 1.29 is 16.5 Å². The van der Waals surface area contributed by atoms with Crippen molar-refractivity contribution in [2.75, 3.05) is 0 Å². The molecule has 0 aromatic heterocycles. The Labute approximate surface area is 77.7 Å². The summed E-state index contributed by atoms with van der Waals surface area (Å²) < 4.78 is 36.6. The predicted octanol–water partition coefficient (Wildman–Crippen LogP) is 2.04. The first kappa shape index (κ1) is 9.47. The van der Waals surface area contributed by atoms with Gasteiger partial charge in [0.05, 0.1) is 0 Å². The summed E-state index contributed by atoms with van der Waals surface area (Å²) in [6.45, 7) is 0. The summed E-state index contributed by atoms with van der Waals surface area (Å²) in [6, 6.07) is 5.75. The molecule has 0 aliphatic carbocycles. The summed E-state index contributed by atoms with van der Waals surface area (Å²) in [5.41, 5.74) is 0. The van der Waals surface area contributed by atoms with Crippen LogP contribution in [-0.4, -0.2) is 8.42 Å². The van der Waals surface area contributed by atoms with Gasteiger partial charge in [0, 0.05) is 4.47 Å². The Morgan fingerprint density at radius 2 is 1.75 bits per heavy atom. The van der Waals surface area contributed by atoms with E-state index in [0.717, 1.165) is 4.47 Å². The van der Waals surface area contributed by atoms with Crippen LogP contribution in [0.15, 0.2) is 28.7 Å². The van der Waals surface area contributed by atoms with Gasteiger partial charge in [-0.15, -0.1) is 0 Å². The molecule has 1 aromatic carbocycles. The van der Waals surface area contributed by atoms with E-state index in [2.05, 4.69) is 20.1 Å². The van der Waals surface area contributed by atoms with Crippen LogP contribution in [-0.2, 0) is 10.5 Å². The molecule has 0 radical (unpaired) electrons. The molecule has 0 aliphatic heterocycles. The number of hydrogen-bond acceptors (Lipinski definition) is 3. The minimum atomic E-state index is -4.91. The van der Waals surface area contributed by atoms with Crippen LogP contribution in [0.2, 0.25) is 0 Å². The summed E-state index contributed by atoms with van der Waals surface area (Å²) in [7, 11) is -4.91. The monoisotopic (exact) mass is 254 g/mol. The fourth-order valence-corrected chi connectivity index (χ4v) is 1.21. The van der Waals surface area contributed by atoms with E-state index in [0.29, 0.717) is 0 Å². The third-order valence-corrected chi connectivity index (χ3v) is 1.93. The van der Waals surface area contributed by atoms with Crippen LogP contribution >= 0.6 is 15.9 Å². The normalized spacial score (nSPS) is 11.2. The first-order valence-electron chi connectivity index (χ1n) is 2.87. The summed E-state index contributed by atoms with van der Waals surface area (Å²) in [5.74, 6) is -0.0549. The fraction of sp³-hybridized carbons (Fsp3) is 0. The van der Waals surface area contributed by atoms with Gasteiger partial charge in [-0.1, -0.05) is 19.8 Å². The highest BCUT2D eigenvalue weighted by atomic mass is 79.9. The maximum atomic E-state index is 11.9. The van der Waals surface area contributed by atoms with Gasteiger partial charge in [-0.3, -0.25) is 0 Å². The molecular weight excluding hydrogens is 251 g/mol. The van der Waals surface area contributed by atoms with Crippen LogP contribution in [0.5, 0.6) is 5.75 Å². The van der Waals surface area contributed by atoms with Gasteiger partial charge >= 0.3 is 10.5 Å². The van der Waals surface area contributed by atoms with Gasteiger partial charge in [0.1, 0.15) is 5.75 Å². The molecule has 0 aliphatic rings. The van der Waals surface area contributed by atoms with Gasteiger partial charge in [0.2, 0.25) is 0 Å². The van der Waals surface area contributed by atoms with Crippen LogP contribution < -0.4 is 4.18 Å². The van der Waals surface area contributed by atoms with Gasteiger partial charge in [0.25, 0.3) is 0 Å². The molecule has 0 amide bonds. The molecule has 0 N–H and O–H groups in total. The summed E-state index contributed by atoms with van der Waals surface area (Å²) in [5, 5.41) is 0. The Bertz CT molecular complexity index is 359. The Morgan fingerprint density at radius 3 is 2.17 bits per heavy atom. The largest absolute Gasteiger partial charge is 0.488 e. The van der Waals surface area contributed by atoms with Crippen LogP contribution in [0.25, 0.3) is 0 Å². The van der Waals surface area contributed by atoms with E-state index in [1.54, 1.807) is 12.1 Å². The minimum Gasteiger partial charge on any atom is -0.358 e. The van der Waals surface area contributed by atoms with Crippen molar-refractivity contribution in [2.45, 2.75) is 0 Å². The summed E-state index contributed by atoms with van der Waals surface area (Å²) in [6.07, 6.45) is 0. The molecule has 0 saturated heterocycles. The van der Waals surface area contributed by atoms with E-state index < -0.39 is 10.5 Å². The van der Waals surface area contributed by atoms with Crippen LogP contribution in [0.3, 0.4) is 0 Å². The SMILES string of the molecule is O=S(=O)(F)Oc1ccc(Br)cc1. The van der Waals surface area contributed by atoms with Gasteiger partial charge in [-0.05, 0) is 24.3 Å². The van der Waals surface area contributed by atoms with Crippen LogP contribution in [0.4, 0.5) is 3.89 Å². The lowest BCUT2D eigenvalue weighted by Crippen LogP contribution is -2.00. The topological polar surface area (TPSA) is 43.4 Å². The van der Waals surface area contributed by atoms with Crippen LogP contribution in [0.1, 0.15) is 0 Å². The molecule has 12 heavy (non-hydrogen) atoms. The highest BCUT2D eigenvalue weighted by Crippen LogP contribution is 2.17. The predicted molar refractivity (Wildman–Crippen MR) is 44.8 cm³/mol.